The van der Waals surface area contributed by atoms with Crippen molar-refractivity contribution in [1.29, 1.82) is 0 Å². The lowest BCUT2D eigenvalue weighted by atomic mass is 10.1. The number of rotatable bonds is 8. The molecule has 0 radical (unpaired) electrons. The van der Waals surface area contributed by atoms with Crippen molar-refractivity contribution in [2.75, 3.05) is 39.8 Å². The zero-order chi connectivity index (χ0) is 17.3. The van der Waals surface area contributed by atoms with E-state index in [9.17, 15) is 13.2 Å². The summed E-state index contributed by atoms with van der Waals surface area (Å²) in [5.41, 5.74) is 0. The van der Waals surface area contributed by atoms with Crippen LogP contribution in [0, 0.1) is 11.8 Å². The highest BCUT2D eigenvalue weighted by Gasteiger charge is 2.34. The summed E-state index contributed by atoms with van der Waals surface area (Å²) >= 11 is 0. The molecule has 1 aliphatic heterocycles. The summed E-state index contributed by atoms with van der Waals surface area (Å²) in [6.07, 6.45) is 0.216. The number of halogens is 3. The minimum Gasteiger partial charge on any atom is -0.356 e. The average Bonchev–Trinajstić information content (AvgIpc) is 2.86. The van der Waals surface area contributed by atoms with E-state index in [1.807, 2.05) is 0 Å². The van der Waals surface area contributed by atoms with Gasteiger partial charge in [-0.05, 0) is 31.2 Å². The summed E-state index contributed by atoms with van der Waals surface area (Å²) in [6.45, 7) is 6.20. The maximum Gasteiger partial charge on any atom is 0.401 e. The van der Waals surface area contributed by atoms with Crippen LogP contribution in [0.15, 0.2) is 4.99 Å². The predicted octanol–water partition coefficient (Wildman–Crippen LogP) is 2.86. The van der Waals surface area contributed by atoms with Gasteiger partial charge in [0, 0.05) is 26.7 Å². The zero-order valence-corrected chi connectivity index (χ0v) is 14.5. The molecule has 0 aromatic heterocycles. The molecule has 1 unspecified atom stereocenters. The van der Waals surface area contributed by atoms with Crippen LogP contribution in [0.2, 0.25) is 0 Å². The second kappa shape index (κ2) is 10.0. The van der Waals surface area contributed by atoms with Crippen molar-refractivity contribution in [3.8, 4) is 0 Å². The molecule has 1 heterocycles. The molecule has 1 aliphatic rings. The molecule has 4 nitrogen and oxygen atoms in total. The molecule has 2 N–H and O–H groups in total. The molecule has 1 saturated heterocycles. The molecule has 1 atom stereocenters. The van der Waals surface area contributed by atoms with Gasteiger partial charge in [0.05, 0.1) is 6.54 Å². The van der Waals surface area contributed by atoms with Crippen molar-refractivity contribution in [2.24, 2.45) is 16.8 Å². The minimum absolute atomic E-state index is 0.247. The lowest BCUT2D eigenvalue weighted by Gasteiger charge is -2.18. The number of alkyl halides is 3. The van der Waals surface area contributed by atoms with Crippen molar-refractivity contribution in [2.45, 2.75) is 45.7 Å². The topological polar surface area (TPSA) is 39.7 Å². The molecule has 0 bridgehead atoms. The van der Waals surface area contributed by atoms with Crippen molar-refractivity contribution in [3.05, 3.63) is 0 Å². The van der Waals surface area contributed by atoms with Gasteiger partial charge in [-0.1, -0.05) is 26.7 Å². The number of unbranched alkanes of at least 4 members (excludes halogenated alkanes) is 1. The summed E-state index contributed by atoms with van der Waals surface area (Å²) in [5, 5.41) is 6.49. The Hall–Kier alpha value is -0.980. The predicted molar refractivity (Wildman–Crippen MR) is 88.7 cm³/mol. The SMILES string of the molecule is CN=C(NCCCCC(C)C)NCC1CCN(CC(F)(F)F)C1. The van der Waals surface area contributed by atoms with Gasteiger partial charge < -0.3 is 10.6 Å². The Kier molecular flexibility index (Phi) is 8.73. The normalized spacial score (nSPS) is 20.3. The van der Waals surface area contributed by atoms with Gasteiger partial charge in [0.1, 0.15) is 0 Å². The molecule has 0 amide bonds. The molecule has 0 aliphatic carbocycles. The molecular weight excluding hydrogens is 305 g/mol. The van der Waals surface area contributed by atoms with E-state index in [-0.39, 0.29) is 5.92 Å². The summed E-state index contributed by atoms with van der Waals surface area (Å²) in [6, 6.07) is 0. The first-order valence-corrected chi connectivity index (χ1v) is 8.53. The molecule has 0 aromatic carbocycles. The molecule has 0 saturated carbocycles. The summed E-state index contributed by atoms with van der Waals surface area (Å²) in [5.74, 6) is 1.72. The van der Waals surface area contributed by atoms with Crippen molar-refractivity contribution >= 4 is 5.96 Å². The average molecular weight is 336 g/mol. The number of aliphatic imine (C=N–C) groups is 1. The fourth-order valence-electron chi connectivity index (χ4n) is 2.82. The van der Waals surface area contributed by atoms with Crippen LogP contribution in [0.5, 0.6) is 0 Å². The van der Waals surface area contributed by atoms with Gasteiger partial charge in [-0.2, -0.15) is 13.2 Å². The van der Waals surface area contributed by atoms with E-state index in [1.54, 1.807) is 7.05 Å². The van der Waals surface area contributed by atoms with Crippen LogP contribution in [0.1, 0.15) is 39.5 Å². The van der Waals surface area contributed by atoms with E-state index in [1.165, 1.54) is 17.7 Å². The van der Waals surface area contributed by atoms with Crippen LogP contribution in [-0.2, 0) is 0 Å². The minimum atomic E-state index is -4.10. The van der Waals surface area contributed by atoms with Crippen LogP contribution in [0.25, 0.3) is 0 Å². The Morgan fingerprint density at radius 1 is 1.26 bits per heavy atom. The molecular formula is C16H31F3N4. The molecule has 7 heteroatoms. The highest BCUT2D eigenvalue weighted by Crippen LogP contribution is 2.22. The van der Waals surface area contributed by atoms with Gasteiger partial charge in [0.15, 0.2) is 5.96 Å². The molecule has 1 fully saturated rings. The van der Waals surface area contributed by atoms with E-state index in [4.69, 9.17) is 0 Å². The smallest absolute Gasteiger partial charge is 0.356 e. The Bertz CT molecular complexity index is 356. The maximum absolute atomic E-state index is 12.4. The van der Waals surface area contributed by atoms with Crippen molar-refractivity contribution < 1.29 is 13.2 Å². The molecule has 1 rings (SSSR count). The highest BCUT2D eigenvalue weighted by atomic mass is 19.4. The van der Waals surface area contributed by atoms with Gasteiger partial charge in [-0.3, -0.25) is 9.89 Å². The number of nitrogens with one attached hydrogen (secondary N) is 2. The number of hydrogen-bond donors (Lipinski definition) is 2. The van der Waals surface area contributed by atoms with Gasteiger partial charge in [0.2, 0.25) is 0 Å². The van der Waals surface area contributed by atoms with E-state index < -0.39 is 12.7 Å². The monoisotopic (exact) mass is 336 g/mol. The summed E-state index contributed by atoms with van der Waals surface area (Å²) in [7, 11) is 1.72. The van der Waals surface area contributed by atoms with Gasteiger partial charge >= 0.3 is 6.18 Å². The van der Waals surface area contributed by atoms with Gasteiger partial charge in [-0.25, -0.2) is 0 Å². The number of nitrogens with zero attached hydrogens (tertiary/aromatic N) is 2. The quantitative estimate of drug-likeness (QED) is 0.407. The maximum atomic E-state index is 12.4. The molecule has 136 valence electrons. The van der Waals surface area contributed by atoms with Crippen molar-refractivity contribution in [3.63, 3.8) is 0 Å². The summed E-state index contributed by atoms with van der Waals surface area (Å²) < 4.78 is 37.1. The first-order valence-electron chi connectivity index (χ1n) is 8.53. The van der Waals surface area contributed by atoms with Crippen LogP contribution < -0.4 is 10.6 Å². The van der Waals surface area contributed by atoms with E-state index in [0.29, 0.717) is 19.6 Å². The third-order valence-electron chi connectivity index (χ3n) is 4.06. The standard InChI is InChI=1S/C16H31F3N4/c1-13(2)6-4-5-8-21-15(20-3)22-10-14-7-9-23(11-14)12-16(17,18)19/h13-14H,4-12H2,1-3H3,(H2,20,21,22). The van der Waals surface area contributed by atoms with E-state index >= 15 is 0 Å². The van der Waals surface area contributed by atoms with Gasteiger partial charge in [0.25, 0.3) is 0 Å². The zero-order valence-electron chi connectivity index (χ0n) is 14.5. The van der Waals surface area contributed by atoms with Crippen molar-refractivity contribution in [1.82, 2.24) is 15.5 Å². The Balaban J connectivity index is 2.15. The fraction of sp³-hybridized carbons (Fsp3) is 0.938. The third kappa shape index (κ3) is 9.69. The van der Waals surface area contributed by atoms with E-state index in [2.05, 4.69) is 29.5 Å². The Labute approximate surface area is 137 Å². The van der Waals surface area contributed by atoms with Crippen LogP contribution in [0.4, 0.5) is 13.2 Å². The first-order chi connectivity index (χ1) is 10.8. The molecule has 23 heavy (non-hydrogen) atoms. The van der Waals surface area contributed by atoms with Crippen LogP contribution in [-0.4, -0.2) is 56.8 Å². The lowest BCUT2D eigenvalue weighted by Crippen LogP contribution is -2.41. The van der Waals surface area contributed by atoms with Crippen LogP contribution >= 0.6 is 0 Å². The molecule has 0 aromatic rings. The number of hydrogen-bond acceptors (Lipinski definition) is 2. The Morgan fingerprint density at radius 2 is 2.00 bits per heavy atom. The third-order valence-corrected chi connectivity index (χ3v) is 4.06. The number of guanidine groups is 1. The number of likely N-dealkylation sites (tertiary alicyclic amines) is 1. The van der Waals surface area contributed by atoms with Crippen LogP contribution in [0.3, 0.4) is 0 Å². The fourth-order valence-corrected chi connectivity index (χ4v) is 2.82. The second-order valence-corrected chi connectivity index (χ2v) is 6.77. The second-order valence-electron chi connectivity index (χ2n) is 6.77. The lowest BCUT2D eigenvalue weighted by molar-refractivity contribution is -0.143. The summed E-state index contributed by atoms with van der Waals surface area (Å²) in [4.78, 5) is 5.64. The highest BCUT2D eigenvalue weighted by molar-refractivity contribution is 5.79. The largest absolute Gasteiger partial charge is 0.401 e. The molecule has 0 spiro atoms. The Morgan fingerprint density at radius 3 is 2.61 bits per heavy atom. The first kappa shape index (κ1) is 20.1. The van der Waals surface area contributed by atoms with E-state index in [0.717, 1.165) is 31.3 Å². The van der Waals surface area contributed by atoms with Gasteiger partial charge in [-0.15, -0.1) is 0 Å².